The molecule has 1 unspecified atom stereocenters. The van der Waals surface area contributed by atoms with Crippen molar-refractivity contribution in [3.05, 3.63) is 0 Å². The predicted molar refractivity (Wildman–Crippen MR) is 33.4 cm³/mol. The molecule has 0 amide bonds. The zero-order valence-electron chi connectivity index (χ0n) is 6.66. The van der Waals surface area contributed by atoms with Gasteiger partial charge in [0.2, 0.25) is 0 Å². The van der Waals surface area contributed by atoms with Crippen molar-refractivity contribution in [1.29, 1.82) is 0 Å². The third kappa shape index (κ3) is 3.06. The zero-order chi connectivity index (χ0) is 8.85. The van der Waals surface area contributed by atoms with Gasteiger partial charge in [0.05, 0.1) is 19.4 Å². The molecule has 0 bridgehead atoms. The van der Waals surface area contributed by atoms with Crippen molar-refractivity contribution in [1.82, 2.24) is 0 Å². The lowest BCUT2D eigenvalue weighted by Gasteiger charge is -2.03. The third-order valence-corrected chi connectivity index (χ3v) is 0.956. The van der Waals surface area contributed by atoms with Crippen LogP contribution in [0.1, 0.15) is 14.7 Å². The number of esters is 1. The van der Waals surface area contributed by atoms with E-state index in [1.54, 1.807) is 0 Å². The summed E-state index contributed by atoms with van der Waals surface area (Å²) in [5.74, 6) is -2.56. The SMILES string of the molecule is [2H]CC(CC(=O)O)C(=O)OC. The number of carbonyl (C=O) groups excluding carboxylic acids is 1. The van der Waals surface area contributed by atoms with Crippen LogP contribution < -0.4 is 0 Å². The second-order valence-corrected chi connectivity index (χ2v) is 1.82. The first-order valence-corrected chi connectivity index (χ1v) is 2.70. The van der Waals surface area contributed by atoms with Gasteiger partial charge in [-0.05, 0) is 0 Å². The van der Waals surface area contributed by atoms with Crippen LogP contribution in [0, 0.1) is 5.92 Å². The van der Waals surface area contributed by atoms with Crippen molar-refractivity contribution < 1.29 is 20.8 Å². The smallest absolute Gasteiger partial charge is 0.308 e. The minimum absolute atomic E-state index is 0.251. The lowest BCUT2D eigenvalue weighted by Crippen LogP contribution is -2.16. The van der Waals surface area contributed by atoms with Crippen LogP contribution in [0.3, 0.4) is 0 Å². The van der Waals surface area contributed by atoms with Crippen LogP contribution in [0.25, 0.3) is 0 Å². The third-order valence-electron chi connectivity index (χ3n) is 0.956. The number of rotatable bonds is 3. The molecule has 0 aliphatic carbocycles. The van der Waals surface area contributed by atoms with Crippen LogP contribution in [0.15, 0.2) is 0 Å². The monoisotopic (exact) mass is 147 g/mol. The molecule has 0 saturated carbocycles. The van der Waals surface area contributed by atoms with Gasteiger partial charge in [0.15, 0.2) is 0 Å². The highest BCUT2D eigenvalue weighted by molar-refractivity contribution is 5.78. The molecule has 0 saturated heterocycles. The first-order valence-electron chi connectivity index (χ1n) is 3.41. The van der Waals surface area contributed by atoms with E-state index in [-0.39, 0.29) is 13.3 Å². The number of ether oxygens (including phenoxy) is 1. The van der Waals surface area contributed by atoms with Crippen LogP contribution in [0.4, 0.5) is 0 Å². The molecular formula is C6H10O4. The molecule has 0 aromatic rings. The standard InChI is InChI=1S/C6H10O4/c1-4(3-5(7)8)6(9)10-2/h4H,3H2,1-2H3,(H,7,8)/i1D. The normalized spacial score (nSPS) is 13.5. The first-order chi connectivity index (χ1) is 5.11. The molecule has 0 radical (unpaired) electrons. The lowest BCUT2D eigenvalue weighted by atomic mass is 10.1. The van der Waals surface area contributed by atoms with Crippen LogP contribution in [0.5, 0.6) is 0 Å². The number of carboxylic acids is 1. The van der Waals surface area contributed by atoms with E-state index in [9.17, 15) is 9.59 Å². The minimum atomic E-state index is -1.09. The topological polar surface area (TPSA) is 63.6 Å². The molecular weight excluding hydrogens is 136 g/mol. The van der Waals surface area contributed by atoms with E-state index in [1.807, 2.05) is 0 Å². The van der Waals surface area contributed by atoms with Gasteiger partial charge >= 0.3 is 11.9 Å². The minimum Gasteiger partial charge on any atom is -0.481 e. The molecule has 0 spiro atoms. The van der Waals surface area contributed by atoms with Crippen molar-refractivity contribution in [2.75, 3.05) is 7.11 Å². The van der Waals surface area contributed by atoms with Gasteiger partial charge < -0.3 is 9.84 Å². The highest BCUT2D eigenvalue weighted by atomic mass is 16.5. The average molecular weight is 147 g/mol. The quantitative estimate of drug-likeness (QED) is 0.582. The maximum absolute atomic E-state index is 10.7. The maximum atomic E-state index is 10.7. The number of carboxylic acid groups (broad SMARTS) is 1. The second kappa shape index (κ2) is 3.87. The second-order valence-electron chi connectivity index (χ2n) is 1.82. The highest BCUT2D eigenvalue weighted by Crippen LogP contribution is 2.02. The molecule has 4 nitrogen and oxygen atoms in total. The van der Waals surface area contributed by atoms with Crippen molar-refractivity contribution in [2.24, 2.45) is 5.92 Å². The molecule has 1 atom stereocenters. The van der Waals surface area contributed by atoms with Gasteiger partial charge in [-0.25, -0.2) is 0 Å². The summed E-state index contributed by atoms with van der Waals surface area (Å²) in [6.45, 7) is -0.251. The molecule has 0 aromatic heterocycles. The van der Waals surface area contributed by atoms with E-state index < -0.39 is 17.9 Å². The Labute approximate surface area is 60.2 Å². The van der Waals surface area contributed by atoms with E-state index in [0.717, 1.165) is 0 Å². The van der Waals surface area contributed by atoms with Gasteiger partial charge in [0.1, 0.15) is 0 Å². The largest absolute Gasteiger partial charge is 0.481 e. The fourth-order valence-corrected chi connectivity index (χ4v) is 0.461. The summed E-state index contributed by atoms with van der Waals surface area (Å²) in [6, 6.07) is 0. The van der Waals surface area contributed by atoms with Crippen molar-refractivity contribution in [3.63, 3.8) is 0 Å². The van der Waals surface area contributed by atoms with Crippen molar-refractivity contribution in [2.45, 2.75) is 13.3 Å². The molecule has 10 heavy (non-hydrogen) atoms. The Bertz CT molecular complexity index is 157. The number of hydrogen-bond acceptors (Lipinski definition) is 3. The molecule has 58 valence electrons. The number of methoxy groups -OCH3 is 1. The van der Waals surface area contributed by atoms with Gasteiger partial charge in [0.25, 0.3) is 0 Å². The van der Waals surface area contributed by atoms with Crippen LogP contribution in [-0.2, 0) is 14.3 Å². The van der Waals surface area contributed by atoms with Crippen LogP contribution >= 0.6 is 0 Å². The highest BCUT2D eigenvalue weighted by Gasteiger charge is 2.15. The van der Waals surface area contributed by atoms with E-state index >= 15 is 0 Å². The van der Waals surface area contributed by atoms with Crippen molar-refractivity contribution >= 4 is 11.9 Å². The summed E-state index contributed by atoms with van der Waals surface area (Å²) in [4.78, 5) is 20.8. The fourth-order valence-electron chi connectivity index (χ4n) is 0.461. The zero-order valence-corrected chi connectivity index (χ0v) is 5.66. The molecule has 0 fully saturated rings. The molecule has 4 heteroatoms. The predicted octanol–water partition coefficient (Wildman–Crippen LogP) is 0.270. The van der Waals surface area contributed by atoms with E-state index in [2.05, 4.69) is 4.74 Å². The average Bonchev–Trinajstić information content (AvgIpc) is 1.98. The van der Waals surface area contributed by atoms with Crippen LogP contribution in [0.2, 0.25) is 0 Å². The summed E-state index contributed by atoms with van der Waals surface area (Å²) in [5.41, 5.74) is 0. The summed E-state index contributed by atoms with van der Waals surface area (Å²) in [7, 11) is 1.17. The first kappa shape index (κ1) is 7.05. The molecule has 0 aliphatic rings. The summed E-state index contributed by atoms with van der Waals surface area (Å²) < 4.78 is 11.1. The molecule has 0 rings (SSSR count). The van der Waals surface area contributed by atoms with Gasteiger partial charge in [0, 0.05) is 1.37 Å². The van der Waals surface area contributed by atoms with Gasteiger partial charge in [-0.15, -0.1) is 0 Å². The Balaban J connectivity index is 3.94. The summed E-state index contributed by atoms with van der Waals surface area (Å²) in [6.07, 6.45) is -0.337. The molecule has 0 aromatic carbocycles. The van der Waals surface area contributed by atoms with Crippen LogP contribution in [-0.4, -0.2) is 24.2 Å². The number of carbonyl (C=O) groups is 2. The molecule has 0 aliphatic heterocycles. The Morgan fingerprint density at radius 3 is 2.70 bits per heavy atom. The Morgan fingerprint density at radius 1 is 1.80 bits per heavy atom. The lowest BCUT2D eigenvalue weighted by molar-refractivity contribution is -0.150. The maximum Gasteiger partial charge on any atom is 0.308 e. The van der Waals surface area contributed by atoms with E-state index in [4.69, 9.17) is 6.48 Å². The summed E-state index contributed by atoms with van der Waals surface area (Å²) >= 11 is 0. The number of aliphatic carboxylic acids is 1. The fraction of sp³-hybridized carbons (Fsp3) is 0.667. The van der Waals surface area contributed by atoms with E-state index in [0.29, 0.717) is 0 Å². The number of hydrogen-bond donors (Lipinski definition) is 1. The van der Waals surface area contributed by atoms with Gasteiger partial charge in [-0.1, -0.05) is 6.90 Å². The Hall–Kier alpha value is -1.06. The summed E-state index contributed by atoms with van der Waals surface area (Å²) in [5, 5.41) is 8.27. The Morgan fingerprint density at radius 2 is 2.40 bits per heavy atom. The Kier molecular flexibility index (Phi) is 2.73. The van der Waals surface area contributed by atoms with Gasteiger partial charge in [-0.2, -0.15) is 0 Å². The van der Waals surface area contributed by atoms with Gasteiger partial charge in [-0.3, -0.25) is 9.59 Å². The molecule has 1 N–H and O–H groups in total. The van der Waals surface area contributed by atoms with E-state index in [1.165, 1.54) is 7.11 Å². The van der Waals surface area contributed by atoms with Crippen molar-refractivity contribution in [3.8, 4) is 0 Å². The molecule has 0 heterocycles.